The molecule has 2 heterocycles. The maximum absolute atomic E-state index is 4.28. The molecule has 0 aromatic carbocycles. The Bertz CT molecular complexity index is 559. The molecule has 1 N–H and O–H groups in total. The fourth-order valence-electron chi connectivity index (χ4n) is 2.64. The predicted molar refractivity (Wildman–Crippen MR) is 87.8 cm³/mol. The van der Waals surface area contributed by atoms with Crippen molar-refractivity contribution in [3.63, 3.8) is 0 Å². The summed E-state index contributed by atoms with van der Waals surface area (Å²) >= 11 is 0. The molecule has 0 bridgehead atoms. The SMILES string of the molecule is CCN(CC)CCCC(C)Nc1cc(C)cc2ncnn12. The van der Waals surface area contributed by atoms with Crippen LogP contribution in [-0.2, 0) is 0 Å². The third-order valence-corrected chi connectivity index (χ3v) is 3.92. The zero-order valence-corrected chi connectivity index (χ0v) is 13.6. The molecule has 1 atom stereocenters. The Hall–Kier alpha value is -1.62. The molecule has 2 rings (SSSR count). The van der Waals surface area contributed by atoms with Gasteiger partial charge in [-0.05, 0) is 64.0 Å². The average Bonchev–Trinajstić information content (AvgIpc) is 2.92. The summed E-state index contributed by atoms with van der Waals surface area (Å²) in [5, 5.41) is 7.85. The molecule has 2 aromatic heterocycles. The van der Waals surface area contributed by atoms with E-state index in [-0.39, 0.29) is 0 Å². The Balaban J connectivity index is 1.92. The van der Waals surface area contributed by atoms with E-state index in [0.29, 0.717) is 6.04 Å². The zero-order chi connectivity index (χ0) is 15.2. The van der Waals surface area contributed by atoms with Crippen LogP contribution in [0.4, 0.5) is 5.82 Å². The van der Waals surface area contributed by atoms with Crippen molar-refractivity contribution in [2.75, 3.05) is 25.0 Å². The highest BCUT2D eigenvalue weighted by Gasteiger charge is 2.08. The van der Waals surface area contributed by atoms with E-state index in [0.717, 1.165) is 31.0 Å². The normalized spacial score (nSPS) is 13.0. The first-order valence-corrected chi connectivity index (χ1v) is 7.93. The monoisotopic (exact) mass is 289 g/mol. The summed E-state index contributed by atoms with van der Waals surface area (Å²) < 4.78 is 1.87. The summed E-state index contributed by atoms with van der Waals surface area (Å²) in [6, 6.07) is 4.60. The maximum Gasteiger partial charge on any atom is 0.157 e. The largest absolute Gasteiger partial charge is 0.367 e. The number of rotatable bonds is 8. The molecule has 0 aliphatic carbocycles. The van der Waals surface area contributed by atoms with E-state index >= 15 is 0 Å². The lowest BCUT2D eigenvalue weighted by atomic mass is 10.1. The van der Waals surface area contributed by atoms with Gasteiger partial charge in [0.2, 0.25) is 0 Å². The second kappa shape index (κ2) is 7.41. The number of pyridine rings is 1. The smallest absolute Gasteiger partial charge is 0.157 e. The Labute approximate surface area is 127 Å². The number of hydrogen-bond acceptors (Lipinski definition) is 4. The Morgan fingerprint density at radius 3 is 2.76 bits per heavy atom. The Kier molecular flexibility index (Phi) is 5.56. The van der Waals surface area contributed by atoms with Crippen LogP contribution < -0.4 is 5.32 Å². The maximum atomic E-state index is 4.28. The van der Waals surface area contributed by atoms with Crippen LogP contribution in [-0.4, -0.2) is 45.2 Å². The average molecular weight is 289 g/mol. The van der Waals surface area contributed by atoms with Crippen molar-refractivity contribution in [1.29, 1.82) is 0 Å². The molecule has 2 aromatic rings. The minimum absolute atomic E-state index is 0.426. The van der Waals surface area contributed by atoms with Crippen LogP contribution in [0, 0.1) is 6.92 Å². The molecule has 116 valence electrons. The highest BCUT2D eigenvalue weighted by molar-refractivity contribution is 5.51. The van der Waals surface area contributed by atoms with E-state index in [4.69, 9.17) is 0 Å². The van der Waals surface area contributed by atoms with Crippen molar-refractivity contribution in [3.05, 3.63) is 24.0 Å². The quantitative estimate of drug-likeness (QED) is 0.811. The van der Waals surface area contributed by atoms with Crippen LogP contribution >= 0.6 is 0 Å². The fourth-order valence-corrected chi connectivity index (χ4v) is 2.64. The van der Waals surface area contributed by atoms with Crippen LogP contribution in [0.1, 0.15) is 39.2 Å². The molecule has 5 nitrogen and oxygen atoms in total. The molecule has 0 amide bonds. The van der Waals surface area contributed by atoms with E-state index in [1.165, 1.54) is 18.5 Å². The Morgan fingerprint density at radius 1 is 1.29 bits per heavy atom. The minimum atomic E-state index is 0.426. The van der Waals surface area contributed by atoms with Gasteiger partial charge < -0.3 is 10.2 Å². The molecule has 0 aliphatic rings. The summed E-state index contributed by atoms with van der Waals surface area (Å²) in [4.78, 5) is 6.73. The summed E-state index contributed by atoms with van der Waals surface area (Å²) in [6.45, 7) is 12.2. The van der Waals surface area contributed by atoms with E-state index in [1.807, 2.05) is 10.6 Å². The third-order valence-electron chi connectivity index (χ3n) is 3.92. The minimum Gasteiger partial charge on any atom is -0.367 e. The van der Waals surface area contributed by atoms with Crippen LogP contribution in [0.5, 0.6) is 0 Å². The van der Waals surface area contributed by atoms with Crippen LogP contribution in [0.25, 0.3) is 5.65 Å². The lowest BCUT2D eigenvalue weighted by Crippen LogP contribution is -2.26. The molecule has 5 heteroatoms. The third kappa shape index (κ3) is 4.17. The standard InChI is InChI=1S/C16H27N5/c1-5-20(6-2)9-7-8-14(4)19-16-11-13(3)10-15-17-12-18-21(15)16/h10-12,14,19H,5-9H2,1-4H3. The molecule has 0 saturated heterocycles. The van der Waals surface area contributed by atoms with Crippen molar-refractivity contribution in [3.8, 4) is 0 Å². The number of aromatic nitrogens is 3. The number of hydrogen-bond donors (Lipinski definition) is 1. The van der Waals surface area contributed by atoms with Gasteiger partial charge in [0, 0.05) is 6.04 Å². The molecular formula is C16H27N5. The number of fused-ring (bicyclic) bond motifs is 1. The fraction of sp³-hybridized carbons (Fsp3) is 0.625. The molecule has 0 fully saturated rings. The van der Waals surface area contributed by atoms with Crippen molar-refractivity contribution in [2.45, 2.75) is 46.6 Å². The van der Waals surface area contributed by atoms with Crippen molar-refractivity contribution in [1.82, 2.24) is 19.5 Å². The summed E-state index contributed by atoms with van der Waals surface area (Å²) in [7, 11) is 0. The lowest BCUT2D eigenvalue weighted by molar-refractivity contribution is 0.295. The molecule has 1 unspecified atom stereocenters. The Morgan fingerprint density at radius 2 is 2.05 bits per heavy atom. The van der Waals surface area contributed by atoms with Gasteiger partial charge in [-0.25, -0.2) is 4.98 Å². The first kappa shape index (κ1) is 15.8. The lowest BCUT2D eigenvalue weighted by Gasteiger charge is -2.20. The summed E-state index contributed by atoms with van der Waals surface area (Å²) in [6.07, 6.45) is 3.97. The van der Waals surface area contributed by atoms with Crippen molar-refractivity contribution >= 4 is 11.5 Å². The van der Waals surface area contributed by atoms with E-state index in [1.54, 1.807) is 6.33 Å². The topological polar surface area (TPSA) is 45.5 Å². The zero-order valence-electron chi connectivity index (χ0n) is 13.6. The first-order valence-electron chi connectivity index (χ1n) is 7.93. The second-order valence-electron chi connectivity index (χ2n) is 5.66. The van der Waals surface area contributed by atoms with E-state index in [9.17, 15) is 0 Å². The van der Waals surface area contributed by atoms with Gasteiger partial charge >= 0.3 is 0 Å². The van der Waals surface area contributed by atoms with E-state index < -0.39 is 0 Å². The van der Waals surface area contributed by atoms with Crippen LogP contribution in [0.2, 0.25) is 0 Å². The van der Waals surface area contributed by atoms with Gasteiger partial charge in [0.05, 0.1) is 0 Å². The number of nitrogens with zero attached hydrogens (tertiary/aromatic N) is 4. The molecule has 21 heavy (non-hydrogen) atoms. The summed E-state index contributed by atoms with van der Waals surface area (Å²) in [5.74, 6) is 1.03. The molecule has 0 radical (unpaired) electrons. The van der Waals surface area contributed by atoms with Crippen LogP contribution in [0.3, 0.4) is 0 Å². The molecule has 0 spiro atoms. The molecular weight excluding hydrogens is 262 g/mol. The van der Waals surface area contributed by atoms with Crippen LogP contribution in [0.15, 0.2) is 18.5 Å². The van der Waals surface area contributed by atoms with Crippen molar-refractivity contribution < 1.29 is 0 Å². The number of aryl methyl sites for hydroxylation is 1. The van der Waals surface area contributed by atoms with Gasteiger partial charge in [0.25, 0.3) is 0 Å². The summed E-state index contributed by atoms with van der Waals surface area (Å²) in [5.41, 5.74) is 2.10. The highest BCUT2D eigenvalue weighted by atomic mass is 15.3. The van der Waals surface area contributed by atoms with Gasteiger partial charge in [-0.15, -0.1) is 0 Å². The van der Waals surface area contributed by atoms with Gasteiger partial charge in [-0.1, -0.05) is 13.8 Å². The first-order chi connectivity index (χ1) is 10.1. The highest BCUT2D eigenvalue weighted by Crippen LogP contribution is 2.15. The number of nitrogens with one attached hydrogen (secondary N) is 1. The van der Waals surface area contributed by atoms with Gasteiger partial charge in [0.15, 0.2) is 5.65 Å². The number of anilines is 1. The van der Waals surface area contributed by atoms with Gasteiger partial charge in [-0.2, -0.15) is 9.61 Å². The van der Waals surface area contributed by atoms with E-state index in [2.05, 4.69) is 54.1 Å². The second-order valence-corrected chi connectivity index (χ2v) is 5.66. The van der Waals surface area contributed by atoms with Gasteiger partial charge in [-0.3, -0.25) is 0 Å². The molecule has 0 aliphatic heterocycles. The van der Waals surface area contributed by atoms with Gasteiger partial charge in [0.1, 0.15) is 12.1 Å². The molecule has 0 saturated carbocycles. The van der Waals surface area contributed by atoms with Crippen molar-refractivity contribution in [2.24, 2.45) is 0 Å². The predicted octanol–water partition coefficient (Wildman–Crippen LogP) is 2.96.